The molecular formula is C27H28N2O4. The number of carbonyl (C=O) groups is 1. The van der Waals surface area contributed by atoms with E-state index in [9.17, 15) is 4.79 Å². The van der Waals surface area contributed by atoms with Gasteiger partial charge in [0, 0.05) is 29.3 Å². The zero-order valence-electron chi connectivity index (χ0n) is 18.7. The second kappa shape index (κ2) is 10.7. The first-order valence-electron chi connectivity index (χ1n) is 11.2. The Balaban J connectivity index is 1.45. The Labute approximate surface area is 193 Å². The van der Waals surface area contributed by atoms with Gasteiger partial charge in [-0.2, -0.15) is 0 Å². The number of rotatable bonds is 11. The van der Waals surface area contributed by atoms with Crippen molar-refractivity contribution in [3.05, 3.63) is 84.4 Å². The van der Waals surface area contributed by atoms with Crippen LogP contribution in [0.25, 0.3) is 22.7 Å². The van der Waals surface area contributed by atoms with Gasteiger partial charge in [0.1, 0.15) is 17.3 Å². The van der Waals surface area contributed by atoms with Gasteiger partial charge < -0.3 is 18.8 Å². The van der Waals surface area contributed by atoms with Gasteiger partial charge in [-0.1, -0.05) is 42.5 Å². The molecular weight excluding hydrogens is 416 g/mol. The number of imidazole rings is 1. The summed E-state index contributed by atoms with van der Waals surface area (Å²) in [4.78, 5) is 15.4. The second-order valence-electron chi connectivity index (χ2n) is 8.05. The van der Waals surface area contributed by atoms with E-state index in [4.69, 9.17) is 19.2 Å². The summed E-state index contributed by atoms with van der Waals surface area (Å²) in [6.45, 7) is 3.21. The van der Waals surface area contributed by atoms with Crippen molar-refractivity contribution in [1.82, 2.24) is 9.55 Å². The number of carboxylic acid groups (broad SMARTS) is 1. The summed E-state index contributed by atoms with van der Waals surface area (Å²) in [5, 5.41) is 8.74. The first-order valence-corrected chi connectivity index (χ1v) is 11.2. The molecule has 0 bridgehead atoms. The molecule has 0 aliphatic heterocycles. The molecule has 2 heterocycles. The zero-order valence-corrected chi connectivity index (χ0v) is 18.7. The van der Waals surface area contributed by atoms with Crippen LogP contribution in [0.1, 0.15) is 36.9 Å². The number of hydrogen-bond acceptors (Lipinski definition) is 4. The monoisotopic (exact) mass is 444 g/mol. The quantitative estimate of drug-likeness (QED) is 0.279. The summed E-state index contributed by atoms with van der Waals surface area (Å²) in [5.74, 6) is 1.85. The van der Waals surface area contributed by atoms with Gasteiger partial charge in [-0.05, 0) is 44.4 Å². The van der Waals surface area contributed by atoms with Crippen molar-refractivity contribution in [2.24, 2.45) is 0 Å². The van der Waals surface area contributed by atoms with Gasteiger partial charge in [0.05, 0.1) is 25.1 Å². The third kappa shape index (κ3) is 5.92. The highest BCUT2D eigenvalue weighted by molar-refractivity contribution is 5.66. The maximum Gasteiger partial charge on any atom is 0.303 e. The average Bonchev–Trinajstić information content (AvgIpc) is 3.47. The summed E-state index contributed by atoms with van der Waals surface area (Å²) in [6.07, 6.45) is 6.29. The molecule has 0 atom stereocenters. The lowest BCUT2D eigenvalue weighted by Gasteiger charge is -2.14. The number of aromatic nitrogens is 2. The molecule has 0 amide bonds. The lowest BCUT2D eigenvalue weighted by Crippen LogP contribution is -2.05. The number of aryl methyl sites for hydroxylation is 1. The van der Waals surface area contributed by atoms with E-state index in [-0.39, 0.29) is 6.42 Å². The van der Waals surface area contributed by atoms with Crippen LogP contribution in [0, 0.1) is 6.92 Å². The predicted octanol–water partition coefficient (Wildman–Crippen LogP) is 6.19. The van der Waals surface area contributed by atoms with Gasteiger partial charge in [-0.3, -0.25) is 4.79 Å². The molecule has 1 N–H and O–H groups in total. The largest absolute Gasteiger partial charge is 0.493 e. The third-order valence-corrected chi connectivity index (χ3v) is 5.45. The fraction of sp³-hybridized carbons (Fsp3) is 0.259. The number of carboxylic acids is 1. The van der Waals surface area contributed by atoms with Gasteiger partial charge >= 0.3 is 5.97 Å². The highest BCUT2D eigenvalue weighted by Gasteiger charge is 2.12. The van der Waals surface area contributed by atoms with E-state index in [2.05, 4.69) is 29.0 Å². The summed E-state index contributed by atoms with van der Waals surface area (Å²) in [6, 6.07) is 20.1. The van der Waals surface area contributed by atoms with Crippen LogP contribution < -0.4 is 4.74 Å². The first kappa shape index (κ1) is 22.4. The topological polar surface area (TPSA) is 77.5 Å². The number of para-hydroxylation sites is 1. The van der Waals surface area contributed by atoms with Crippen molar-refractivity contribution in [2.75, 3.05) is 6.61 Å². The summed E-state index contributed by atoms with van der Waals surface area (Å²) in [5.41, 5.74) is 4.10. The molecule has 4 aromatic rings. The van der Waals surface area contributed by atoms with Crippen molar-refractivity contribution in [3.8, 4) is 28.5 Å². The van der Waals surface area contributed by atoms with Crippen LogP contribution in [0.5, 0.6) is 5.75 Å². The van der Waals surface area contributed by atoms with Gasteiger partial charge in [0.2, 0.25) is 0 Å². The summed E-state index contributed by atoms with van der Waals surface area (Å²) < 4.78 is 13.7. The third-order valence-electron chi connectivity index (χ3n) is 5.45. The Morgan fingerprint density at radius 3 is 2.55 bits per heavy atom. The van der Waals surface area contributed by atoms with Crippen molar-refractivity contribution in [1.29, 1.82) is 0 Å². The molecule has 0 saturated heterocycles. The van der Waals surface area contributed by atoms with Crippen molar-refractivity contribution in [2.45, 2.75) is 39.2 Å². The Bertz CT molecular complexity index is 1180. The minimum Gasteiger partial charge on any atom is -0.493 e. The van der Waals surface area contributed by atoms with Crippen molar-refractivity contribution >= 4 is 5.97 Å². The first-order chi connectivity index (χ1) is 16.1. The number of ether oxygens (including phenoxy) is 1. The minimum absolute atomic E-state index is 0.210. The van der Waals surface area contributed by atoms with E-state index in [0.29, 0.717) is 19.6 Å². The zero-order chi connectivity index (χ0) is 23.0. The Kier molecular flexibility index (Phi) is 7.25. The van der Waals surface area contributed by atoms with E-state index >= 15 is 0 Å². The van der Waals surface area contributed by atoms with E-state index < -0.39 is 5.97 Å². The molecule has 0 aliphatic rings. The maximum atomic E-state index is 10.6. The molecule has 0 saturated carbocycles. The van der Waals surface area contributed by atoms with Gasteiger partial charge in [-0.25, -0.2) is 4.98 Å². The van der Waals surface area contributed by atoms with Crippen LogP contribution in [0.15, 0.2) is 77.5 Å². The molecule has 33 heavy (non-hydrogen) atoms. The second-order valence-corrected chi connectivity index (χ2v) is 8.05. The van der Waals surface area contributed by atoms with E-state index in [1.54, 1.807) is 6.26 Å². The van der Waals surface area contributed by atoms with Crippen LogP contribution in [-0.2, 0) is 11.3 Å². The standard InChI is InChI=1S/C27H28N2O4/c1-20-18-29(27(28-20)22-14-12-21(13-15-22)24-10-7-17-33-24)19-23-8-4-5-9-25(23)32-16-6-2-3-11-26(30)31/h4-5,7-10,12-15,17-18H,2-3,6,11,16,19H2,1H3,(H,30,31). The molecule has 0 fully saturated rings. The lowest BCUT2D eigenvalue weighted by atomic mass is 10.1. The Morgan fingerprint density at radius 2 is 1.79 bits per heavy atom. The maximum absolute atomic E-state index is 10.6. The molecule has 0 spiro atoms. The molecule has 4 rings (SSSR count). The van der Waals surface area contributed by atoms with Crippen LogP contribution in [0.4, 0.5) is 0 Å². The number of hydrogen-bond donors (Lipinski definition) is 1. The van der Waals surface area contributed by atoms with Crippen molar-refractivity contribution < 1.29 is 19.1 Å². The number of aliphatic carboxylic acids is 1. The fourth-order valence-electron chi connectivity index (χ4n) is 3.82. The summed E-state index contributed by atoms with van der Waals surface area (Å²) in [7, 11) is 0. The molecule has 6 heteroatoms. The normalized spacial score (nSPS) is 10.9. The SMILES string of the molecule is Cc1cn(Cc2ccccc2OCCCCCC(=O)O)c(-c2ccc(-c3ccco3)cc2)n1. The lowest BCUT2D eigenvalue weighted by molar-refractivity contribution is -0.137. The van der Waals surface area contributed by atoms with Crippen LogP contribution in [0.3, 0.4) is 0 Å². The molecule has 2 aromatic heterocycles. The Hall–Kier alpha value is -3.80. The van der Waals surface area contributed by atoms with Gasteiger partial charge in [0.25, 0.3) is 0 Å². The van der Waals surface area contributed by atoms with E-state index in [1.165, 1.54) is 0 Å². The Morgan fingerprint density at radius 1 is 1.00 bits per heavy atom. The molecule has 6 nitrogen and oxygen atoms in total. The van der Waals surface area contributed by atoms with Crippen molar-refractivity contribution in [3.63, 3.8) is 0 Å². The molecule has 0 radical (unpaired) electrons. The van der Waals surface area contributed by atoms with E-state index in [0.717, 1.165) is 52.6 Å². The van der Waals surface area contributed by atoms with Gasteiger partial charge in [0.15, 0.2) is 0 Å². The summed E-state index contributed by atoms with van der Waals surface area (Å²) >= 11 is 0. The number of benzene rings is 2. The van der Waals surface area contributed by atoms with Crippen LogP contribution in [0.2, 0.25) is 0 Å². The highest BCUT2D eigenvalue weighted by Crippen LogP contribution is 2.27. The molecule has 0 aliphatic carbocycles. The van der Waals surface area contributed by atoms with Crippen LogP contribution >= 0.6 is 0 Å². The predicted molar refractivity (Wildman–Crippen MR) is 127 cm³/mol. The van der Waals surface area contributed by atoms with E-state index in [1.807, 2.05) is 49.4 Å². The smallest absolute Gasteiger partial charge is 0.303 e. The number of furan rings is 1. The average molecular weight is 445 g/mol. The molecule has 2 aromatic carbocycles. The number of nitrogens with zero attached hydrogens (tertiary/aromatic N) is 2. The molecule has 0 unspecified atom stereocenters. The molecule has 170 valence electrons. The number of unbranched alkanes of at least 4 members (excludes halogenated alkanes) is 2. The fourth-order valence-corrected chi connectivity index (χ4v) is 3.82. The minimum atomic E-state index is -0.747. The van der Waals surface area contributed by atoms with Gasteiger partial charge in [-0.15, -0.1) is 0 Å². The van der Waals surface area contributed by atoms with Crippen LogP contribution in [-0.4, -0.2) is 27.2 Å². The highest BCUT2D eigenvalue weighted by atomic mass is 16.5.